The minimum Gasteiger partial charge on any atom is -0.382 e. The maximum absolute atomic E-state index is 13.2. The van der Waals surface area contributed by atoms with Crippen molar-refractivity contribution < 1.29 is 36.6 Å². The monoisotopic (exact) mass is 586 g/mol. The molecule has 40 heavy (non-hydrogen) atoms. The van der Waals surface area contributed by atoms with Crippen molar-refractivity contribution in [1.82, 2.24) is 35.3 Å². The lowest BCUT2D eigenvalue weighted by molar-refractivity contribution is -0.204. The van der Waals surface area contributed by atoms with Crippen molar-refractivity contribution in [3.63, 3.8) is 0 Å². The Labute approximate surface area is 227 Å². The van der Waals surface area contributed by atoms with E-state index in [4.69, 9.17) is 17.0 Å². The smallest absolute Gasteiger partial charge is 0.382 e. The summed E-state index contributed by atoms with van der Waals surface area (Å²) < 4.78 is 66.6. The summed E-state index contributed by atoms with van der Waals surface area (Å²) >= 11 is 5.81. The van der Waals surface area contributed by atoms with Crippen molar-refractivity contribution in [3.8, 4) is 5.69 Å². The minimum atomic E-state index is -5.05. The molecular formula is C23H20ClF5N8O3. The molecule has 2 atom stereocenters. The molecule has 4 rings (SSSR count). The lowest BCUT2D eigenvalue weighted by Crippen LogP contribution is -2.50. The average Bonchev–Trinajstić information content (AvgIpc) is 3.26. The van der Waals surface area contributed by atoms with E-state index in [1.807, 2.05) is 0 Å². The quantitative estimate of drug-likeness (QED) is 0.181. The number of carbonyl (C=O) groups excluding carboxylic acids is 2. The van der Waals surface area contributed by atoms with E-state index in [2.05, 4.69) is 25.7 Å². The highest BCUT2D eigenvalue weighted by atomic mass is 35.5. The van der Waals surface area contributed by atoms with Crippen LogP contribution in [0, 0.1) is 5.41 Å². The first-order valence-electron chi connectivity index (χ1n) is 11.5. The maximum atomic E-state index is 13.2. The standard InChI is InChI=1S/C23H20ClF5N8O3/c24-13-5-3-12(4-6-13)19(30)36(10-16(38)23(27,28)29)21(40)32-9-17-33-11-37(35-17)14-2-1-7-31-18(14)20(39)34-15-8-22(15,25)26/h1-7,11,15-16,30,38H,8-10H2,(H,32,40)(H,34,39)/t15?,16-/m1/s1. The van der Waals surface area contributed by atoms with E-state index in [9.17, 15) is 36.6 Å². The molecule has 1 fully saturated rings. The van der Waals surface area contributed by atoms with Crippen LogP contribution in [0.1, 0.15) is 28.3 Å². The van der Waals surface area contributed by atoms with E-state index >= 15 is 0 Å². The maximum Gasteiger partial charge on any atom is 0.416 e. The second-order valence-electron chi connectivity index (χ2n) is 8.65. The molecule has 0 spiro atoms. The number of aliphatic hydroxyl groups excluding tert-OH is 1. The summed E-state index contributed by atoms with van der Waals surface area (Å²) in [6.45, 7) is -1.69. The van der Waals surface area contributed by atoms with Crippen molar-refractivity contribution in [2.45, 2.75) is 37.2 Å². The molecule has 3 aromatic rings. The van der Waals surface area contributed by atoms with Crippen LogP contribution in [0.4, 0.5) is 26.7 Å². The Morgan fingerprint density at radius 1 is 1.23 bits per heavy atom. The molecule has 2 aromatic heterocycles. The van der Waals surface area contributed by atoms with Gasteiger partial charge in [-0.3, -0.25) is 15.1 Å². The number of halogens is 6. The Bertz CT molecular complexity index is 1420. The lowest BCUT2D eigenvalue weighted by atomic mass is 10.2. The van der Waals surface area contributed by atoms with Crippen LogP contribution in [-0.4, -0.2) is 78.3 Å². The lowest BCUT2D eigenvalue weighted by Gasteiger charge is -2.26. The summed E-state index contributed by atoms with van der Waals surface area (Å²) in [6, 6.07) is 5.82. The van der Waals surface area contributed by atoms with Gasteiger partial charge in [-0.15, -0.1) is 5.10 Å². The number of pyridine rings is 1. The van der Waals surface area contributed by atoms with Gasteiger partial charge >= 0.3 is 12.2 Å². The first-order valence-corrected chi connectivity index (χ1v) is 11.8. The molecule has 1 saturated carbocycles. The van der Waals surface area contributed by atoms with Gasteiger partial charge in [0, 0.05) is 23.2 Å². The van der Waals surface area contributed by atoms with Gasteiger partial charge in [-0.05, 0) is 36.4 Å². The van der Waals surface area contributed by atoms with E-state index in [1.165, 1.54) is 42.6 Å². The number of carbonyl (C=O) groups is 2. The molecule has 0 bridgehead atoms. The number of nitrogens with one attached hydrogen (secondary N) is 3. The first-order chi connectivity index (χ1) is 18.8. The summed E-state index contributed by atoms with van der Waals surface area (Å²) in [5, 5.41) is 26.6. The Morgan fingerprint density at radius 2 is 1.90 bits per heavy atom. The highest BCUT2D eigenvalue weighted by Gasteiger charge is 2.58. The summed E-state index contributed by atoms with van der Waals surface area (Å²) in [7, 11) is 0. The Morgan fingerprint density at radius 3 is 2.52 bits per heavy atom. The van der Waals surface area contributed by atoms with E-state index in [0.717, 1.165) is 11.0 Å². The van der Waals surface area contributed by atoms with Gasteiger partial charge in [-0.25, -0.2) is 28.2 Å². The van der Waals surface area contributed by atoms with Gasteiger partial charge in [0.1, 0.15) is 12.2 Å². The molecule has 1 aliphatic rings. The Kier molecular flexibility index (Phi) is 8.02. The van der Waals surface area contributed by atoms with Crippen molar-refractivity contribution in [2.75, 3.05) is 6.54 Å². The number of alkyl halides is 5. The van der Waals surface area contributed by atoms with E-state index in [-0.39, 0.29) is 22.8 Å². The minimum absolute atomic E-state index is 0.0494. The van der Waals surface area contributed by atoms with Crippen LogP contribution in [0.2, 0.25) is 5.02 Å². The first kappa shape index (κ1) is 28.8. The average molecular weight is 587 g/mol. The number of nitrogens with zero attached hydrogens (tertiary/aromatic N) is 5. The summed E-state index contributed by atoms with van der Waals surface area (Å²) in [6.07, 6.45) is -6.04. The van der Waals surface area contributed by atoms with Crippen molar-refractivity contribution >= 4 is 29.4 Å². The number of amides is 3. The van der Waals surface area contributed by atoms with Crippen LogP contribution in [0.3, 0.4) is 0 Å². The fraction of sp³-hybridized carbons (Fsp3) is 0.304. The topological polar surface area (TPSA) is 149 Å². The fourth-order valence-electron chi connectivity index (χ4n) is 3.41. The van der Waals surface area contributed by atoms with Gasteiger partial charge in [0.15, 0.2) is 17.6 Å². The molecule has 11 nitrogen and oxygen atoms in total. The Hall–Kier alpha value is -4.18. The SMILES string of the molecule is N=C(c1ccc(Cl)cc1)N(C[C@@H](O)C(F)(F)F)C(=O)NCc1ncn(-c2cccnc2C(=O)NC2CC2(F)F)n1. The third-order valence-electron chi connectivity index (χ3n) is 5.68. The van der Waals surface area contributed by atoms with Gasteiger partial charge < -0.3 is 15.7 Å². The fourth-order valence-corrected chi connectivity index (χ4v) is 3.54. The third kappa shape index (κ3) is 6.69. The van der Waals surface area contributed by atoms with Crippen LogP contribution >= 0.6 is 11.6 Å². The molecule has 212 valence electrons. The zero-order chi connectivity index (χ0) is 29.2. The number of hydrogen-bond donors (Lipinski definition) is 4. The number of urea groups is 1. The van der Waals surface area contributed by atoms with Gasteiger partial charge in [0.2, 0.25) is 0 Å². The molecular weight excluding hydrogens is 567 g/mol. The van der Waals surface area contributed by atoms with Gasteiger partial charge in [0.25, 0.3) is 11.8 Å². The van der Waals surface area contributed by atoms with Gasteiger partial charge in [-0.1, -0.05) is 11.6 Å². The van der Waals surface area contributed by atoms with Gasteiger partial charge in [0.05, 0.1) is 24.8 Å². The third-order valence-corrected chi connectivity index (χ3v) is 5.93. The predicted octanol–water partition coefficient (Wildman–Crippen LogP) is 2.91. The molecule has 0 radical (unpaired) electrons. The van der Waals surface area contributed by atoms with E-state index in [0.29, 0.717) is 9.92 Å². The van der Waals surface area contributed by atoms with Crippen LogP contribution in [0.25, 0.3) is 5.69 Å². The number of aromatic nitrogens is 4. The second-order valence-corrected chi connectivity index (χ2v) is 9.09. The second kappa shape index (κ2) is 11.1. The number of aliphatic hydroxyl groups is 1. The van der Waals surface area contributed by atoms with Crippen molar-refractivity contribution in [1.29, 1.82) is 5.41 Å². The summed E-state index contributed by atoms with van der Waals surface area (Å²) in [5.41, 5.74) is -0.0643. The number of benzene rings is 1. The van der Waals surface area contributed by atoms with Crippen LogP contribution in [0.15, 0.2) is 48.9 Å². The molecule has 1 aromatic carbocycles. The largest absolute Gasteiger partial charge is 0.416 e. The zero-order valence-electron chi connectivity index (χ0n) is 20.2. The normalized spacial score (nSPS) is 16.6. The molecule has 3 amide bonds. The summed E-state index contributed by atoms with van der Waals surface area (Å²) in [5.74, 6) is -4.53. The van der Waals surface area contributed by atoms with Gasteiger partial charge in [-0.2, -0.15) is 13.2 Å². The van der Waals surface area contributed by atoms with Crippen molar-refractivity contribution in [2.24, 2.45) is 0 Å². The molecule has 1 aliphatic carbocycles. The molecule has 4 N–H and O–H groups in total. The number of rotatable bonds is 8. The molecule has 17 heteroatoms. The van der Waals surface area contributed by atoms with Crippen LogP contribution in [0.5, 0.6) is 0 Å². The highest BCUT2D eigenvalue weighted by molar-refractivity contribution is 6.30. The van der Waals surface area contributed by atoms with Crippen molar-refractivity contribution in [3.05, 3.63) is 71.0 Å². The van der Waals surface area contributed by atoms with Crippen LogP contribution in [-0.2, 0) is 6.54 Å². The molecule has 2 heterocycles. The van der Waals surface area contributed by atoms with E-state index < -0.39 is 61.5 Å². The number of amidine groups is 1. The Balaban J connectivity index is 1.47. The zero-order valence-corrected chi connectivity index (χ0v) is 20.9. The number of hydrogen-bond acceptors (Lipinski definition) is 7. The highest BCUT2D eigenvalue weighted by Crippen LogP contribution is 2.41. The molecule has 0 aliphatic heterocycles. The predicted molar refractivity (Wildman–Crippen MR) is 129 cm³/mol. The molecule has 1 unspecified atom stereocenters. The van der Waals surface area contributed by atoms with Crippen LogP contribution < -0.4 is 10.6 Å². The molecule has 0 saturated heterocycles. The summed E-state index contributed by atoms with van der Waals surface area (Å²) in [4.78, 5) is 33.6. The van der Waals surface area contributed by atoms with E-state index in [1.54, 1.807) is 0 Å².